The Hall–Kier alpha value is -1.73. The Morgan fingerprint density at radius 1 is 1.21 bits per heavy atom. The van der Waals surface area contributed by atoms with Crippen molar-refractivity contribution in [2.45, 2.75) is 6.42 Å². The lowest BCUT2D eigenvalue weighted by Crippen LogP contribution is -2.19. The number of halogens is 1. The normalized spacial score (nSPS) is 11.2. The highest BCUT2D eigenvalue weighted by Crippen LogP contribution is 2.11. The molecule has 0 radical (unpaired) electrons. The van der Waals surface area contributed by atoms with Crippen LogP contribution in [0.1, 0.15) is 5.56 Å². The number of hydrogen-bond donors (Lipinski definition) is 1. The molecule has 0 saturated carbocycles. The topological polar surface area (TPSA) is 84.8 Å². The molecule has 0 spiro atoms. The molecule has 0 amide bonds. The summed E-state index contributed by atoms with van der Waals surface area (Å²) in [5.74, 6) is 0.119. The molecule has 0 fully saturated rings. The summed E-state index contributed by atoms with van der Waals surface area (Å²) >= 11 is 5.65. The summed E-state index contributed by atoms with van der Waals surface area (Å²) in [4.78, 5) is 11.3. The van der Waals surface area contributed by atoms with Crippen LogP contribution in [0, 0.1) is 0 Å². The lowest BCUT2D eigenvalue weighted by molar-refractivity contribution is 0.600. The molecular formula is C11H11ClN4O2S. The average Bonchev–Trinajstić information content (AvgIpc) is 2.37. The Balaban J connectivity index is 1.99. The minimum atomic E-state index is -3.47. The fraction of sp³-hybridized carbons (Fsp3) is 0.182. The van der Waals surface area contributed by atoms with Crippen LogP contribution in [-0.4, -0.2) is 29.1 Å². The second-order valence-electron chi connectivity index (χ2n) is 3.75. The van der Waals surface area contributed by atoms with Gasteiger partial charge in [-0.1, -0.05) is 11.6 Å². The van der Waals surface area contributed by atoms with E-state index in [2.05, 4.69) is 19.7 Å². The summed E-state index contributed by atoms with van der Waals surface area (Å²) in [5.41, 5.74) is 0.904. The summed E-state index contributed by atoms with van der Waals surface area (Å²) in [7, 11) is -3.47. The van der Waals surface area contributed by atoms with Gasteiger partial charge < -0.3 is 0 Å². The molecule has 0 aliphatic carbocycles. The molecular weight excluding hydrogens is 288 g/mol. The van der Waals surface area contributed by atoms with Gasteiger partial charge in [-0.15, -0.1) is 0 Å². The van der Waals surface area contributed by atoms with Crippen molar-refractivity contribution >= 4 is 27.4 Å². The van der Waals surface area contributed by atoms with Crippen molar-refractivity contribution in [1.29, 1.82) is 0 Å². The van der Waals surface area contributed by atoms with E-state index < -0.39 is 10.0 Å². The van der Waals surface area contributed by atoms with Crippen molar-refractivity contribution < 1.29 is 8.42 Å². The zero-order valence-electron chi connectivity index (χ0n) is 9.82. The van der Waals surface area contributed by atoms with Gasteiger partial charge >= 0.3 is 0 Å². The van der Waals surface area contributed by atoms with Crippen molar-refractivity contribution in [3.05, 3.63) is 47.6 Å². The second-order valence-corrected chi connectivity index (χ2v) is 5.98. The Kier molecular flexibility index (Phi) is 4.28. The maximum atomic E-state index is 11.9. The van der Waals surface area contributed by atoms with Crippen LogP contribution in [0.2, 0.25) is 5.15 Å². The summed E-state index contributed by atoms with van der Waals surface area (Å²) in [6, 6.07) is 4.90. The van der Waals surface area contributed by atoms with Gasteiger partial charge in [0.15, 0.2) is 0 Å². The van der Waals surface area contributed by atoms with Crippen LogP contribution < -0.4 is 4.72 Å². The number of rotatable bonds is 5. The number of anilines is 1. The minimum absolute atomic E-state index is 0.0430. The van der Waals surface area contributed by atoms with Gasteiger partial charge in [-0.3, -0.25) is 9.71 Å². The SMILES string of the molecule is O=S(=O)(CCc1ccncc1)Nc1cc(Cl)ncn1. The van der Waals surface area contributed by atoms with Crippen molar-refractivity contribution in [2.24, 2.45) is 0 Å². The van der Waals surface area contributed by atoms with E-state index in [0.717, 1.165) is 5.56 Å². The van der Waals surface area contributed by atoms with Crippen LogP contribution in [0.4, 0.5) is 5.82 Å². The maximum absolute atomic E-state index is 11.9. The van der Waals surface area contributed by atoms with Gasteiger partial charge in [0, 0.05) is 18.5 Å². The molecule has 0 unspecified atom stereocenters. The van der Waals surface area contributed by atoms with Crippen molar-refractivity contribution in [2.75, 3.05) is 10.5 Å². The molecule has 6 nitrogen and oxygen atoms in total. The predicted octanol–water partition coefficient (Wildman–Crippen LogP) is 1.51. The molecule has 0 atom stereocenters. The molecule has 8 heteroatoms. The van der Waals surface area contributed by atoms with Gasteiger partial charge in [-0.25, -0.2) is 18.4 Å². The van der Waals surface area contributed by atoms with E-state index in [9.17, 15) is 8.42 Å². The van der Waals surface area contributed by atoms with Crippen molar-refractivity contribution in [1.82, 2.24) is 15.0 Å². The molecule has 2 heterocycles. The van der Waals surface area contributed by atoms with Crippen molar-refractivity contribution in [3.8, 4) is 0 Å². The molecule has 100 valence electrons. The van der Waals surface area contributed by atoms with Crippen LogP contribution >= 0.6 is 11.6 Å². The third-order valence-electron chi connectivity index (χ3n) is 2.30. The number of sulfonamides is 1. The Bertz CT molecular complexity index is 649. The zero-order chi connectivity index (χ0) is 13.7. The maximum Gasteiger partial charge on any atom is 0.234 e. The molecule has 19 heavy (non-hydrogen) atoms. The van der Waals surface area contributed by atoms with Gasteiger partial charge in [0.2, 0.25) is 10.0 Å². The van der Waals surface area contributed by atoms with Crippen LogP contribution in [-0.2, 0) is 16.4 Å². The summed E-state index contributed by atoms with van der Waals surface area (Å²) in [6.45, 7) is 0. The quantitative estimate of drug-likeness (QED) is 0.846. The number of nitrogens with zero attached hydrogens (tertiary/aromatic N) is 3. The Morgan fingerprint density at radius 3 is 2.63 bits per heavy atom. The van der Waals surface area contributed by atoms with Gasteiger partial charge in [-0.05, 0) is 24.1 Å². The number of aromatic nitrogens is 3. The molecule has 0 aliphatic heterocycles. The molecule has 2 rings (SSSR count). The first-order chi connectivity index (χ1) is 9.05. The third kappa shape index (κ3) is 4.46. The first-order valence-corrected chi connectivity index (χ1v) is 7.45. The van der Waals surface area contributed by atoms with Crippen molar-refractivity contribution in [3.63, 3.8) is 0 Å². The number of hydrogen-bond acceptors (Lipinski definition) is 5. The third-order valence-corrected chi connectivity index (χ3v) is 3.77. The second kappa shape index (κ2) is 5.94. The van der Waals surface area contributed by atoms with Gasteiger partial charge in [0.25, 0.3) is 0 Å². The largest absolute Gasteiger partial charge is 0.267 e. The molecule has 2 aromatic heterocycles. The lowest BCUT2D eigenvalue weighted by Gasteiger charge is -2.07. The van der Waals surface area contributed by atoms with Crippen LogP contribution in [0.5, 0.6) is 0 Å². The molecule has 0 saturated heterocycles. The van der Waals surface area contributed by atoms with Gasteiger partial charge in [0.05, 0.1) is 5.75 Å². The van der Waals surface area contributed by atoms with Crippen LogP contribution in [0.15, 0.2) is 36.9 Å². The number of nitrogens with one attached hydrogen (secondary N) is 1. The van der Waals surface area contributed by atoms with E-state index in [1.807, 2.05) is 0 Å². The molecule has 1 N–H and O–H groups in total. The van der Waals surface area contributed by atoms with E-state index in [0.29, 0.717) is 6.42 Å². The predicted molar refractivity (Wildman–Crippen MR) is 72.4 cm³/mol. The standard InChI is InChI=1S/C11H11ClN4O2S/c12-10-7-11(15-8-14-10)16-19(17,18)6-3-9-1-4-13-5-2-9/h1-2,4-5,7-8H,3,6H2,(H,14,15,16). The highest BCUT2D eigenvalue weighted by Gasteiger charge is 2.11. The van der Waals surface area contributed by atoms with E-state index in [1.54, 1.807) is 24.5 Å². The van der Waals surface area contributed by atoms with Gasteiger partial charge in [0.1, 0.15) is 17.3 Å². The molecule has 2 aromatic rings. The van der Waals surface area contributed by atoms with Crippen LogP contribution in [0.3, 0.4) is 0 Å². The fourth-order valence-corrected chi connectivity index (χ4v) is 2.59. The molecule has 0 aliphatic rings. The Labute approximate surface area is 115 Å². The monoisotopic (exact) mass is 298 g/mol. The number of pyridine rings is 1. The van der Waals surface area contributed by atoms with E-state index in [1.165, 1.54) is 12.4 Å². The first-order valence-electron chi connectivity index (χ1n) is 5.42. The van der Waals surface area contributed by atoms with Crippen LogP contribution in [0.25, 0.3) is 0 Å². The van der Waals surface area contributed by atoms with E-state index in [4.69, 9.17) is 11.6 Å². The highest BCUT2D eigenvalue weighted by atomic mass is 35.5. The lowest BCUT2D eigenvalue weighted by atomic mass is 10.2. The highest BCUT2D eigenvalue weighted by molar-refractivity contribution is 7.92. The number of aryl methyl sites for hydroxylation is 1. The summed E-state index contributed by atoms with van der Waals surface area (Å²) in [5, 5.41) is 0.182. The summed E-state index contributed by atoms with van der Waals surface area (Å²) < 4.78 is 26.1. The van der Waals surface area contributed by atoms with Gasteiger partial charge in [-0.2, -0.15) is 0 Å². The minimum Gasteiger partial charge on any atom is -0.267 e. The zero-order valence-corrected chi connectivity index (χ0v) is 11.4. The first kappa shape index (κ1) is 13.7. The fourth-order valence-electron chi connectivity index (χ4n) is 1.40. The average molecular weight is 299 g/mol. The smallest absolute Gasteiger partial charge is 0.234 e. The summed E-state index contributed by atoms with van der Waals surface area (Å²) in [6.07, 6.45) is 4.85. The van der Waals surface area contributed by atoms with E-state index in [-0.39, 0.29) is 16.7 Å². The van der Waals surface area contributed by atoms with E-state index >= 15 is 0 Å². The molecule has 0 bridgehead atoms. The molecule has 0 aromatic carbocycles. The Morgan fingerprint density at radius 2 is 1.95 bits per heavy atom.